The number of aliphatic hydroxyl groups is 1. The summed E-state index contributed by atoms with van der Waals surface area (Å²) in [5.74, 6) is 0.737. The third-order valence-corrected chi connectivity index (χ3v) is 5.54. The number of aryl methyl sites for hydroxylation is 2. The second-order valence-electron chi connectivity index (χ2n) is 8.10. The fourth-order valence-electron chi connectivity index (χ4n) is 3.74. The molecule has 1 unspecified atom stereocenters. The predicted octanol–water partition coefficient (Wildman–Crippen LogP) is 6.04. The Morgan fingerprint density at radius 1 is 0.900 bits per heavy atom. The van der Waals surface area contributed by atoms with Crippen LogP contribution in [0.1, 0.15) is 30.2 Å². The molecular formula is C27H26NO2. The molecule has 1 atom stereocenters. The van der Waals surface area contributed by atoms with Crippen molar-refractivity contribution in [2.24, 2.45) is 0 Å². The lowest BCUT2D eigenvalue weighted by molar-refractivity contribution is 0.0514. The quantitative estimate of drug-likeness (QED) is 0.414. The fourth-order valence-corrected chi connectivity index (χ4v) is 3.74. The van der Waals surface area contributed by atoms with Crippen molar-refractivity contribution in [2.45, 2.75) is 38.7 Å². The van der Waals surface area contributed by atoms with Crippen LogP contribution in [0.15, 0.2) is 83.4 Å². The van der Waals surface area contributed by atoms with E-state index >= 15 is 0 Å². The van der Waals surface area contributed by atoms with Crippen LogP contribution in [0, 0.1) is 13.0 Å². The van der Waals surface area contributed by atoms with Gasteiger partial charge in [-0.3, -0.25) is 0 Å². The summed E-state index contributed by atoms with van der Waals surface area (Å²) in [5, 5.41) is 15.2. The Morgan fingerprint density at radius 2 is 1.53 bits per heavy atom. The summed E-state index contributed by atoms with van der Waals surface area (Å²) in [6.07, 6.45) is 2.00. The van der Waals surface area contributed by atoms with Gasteiger partial charge in [-0.2, -0.15) is 0 Å². The maximum absolute atomic E-state index is 11.1. The molecule has 1 heterocycles. The molecule has 0 spiro atoms. The molecule has 0 bridgehead atoms. The third kappa shape index (κ3) is 4.69. The zero-order valence-corrected chi connectivity index (χ0v) is 17.4. The Hall–Kier alpha value is -3.17. The maximum Gasteiger partial charge on any atom is 0.170 e. The Bertz CT molecular complexity index is 1080. The molecule has 0 amide bonds. The first kappa shape index (κ1) is 20.1. The Labute approximate surface area is 178 Å². The number of hydrogen-bond donors (Lipinski definition) is 1. The largest absolute Gasteiger partial charge is 0.390 e. The van der Waals surface area contributed by atoms with Gasteiger partial charge in [0.05, 0.1) is 11.3 Å². The van der Waals surface area contributed by atoms with Crippen molar-refractivity contribution in [3.8, 4) is 22.5 Å². The molecule has 30 heavy (non-hydrogen) atoms. The number of aromatic nitrogens is 1. The smallest absolute Gasteiger partial charge is 0.170 e. The fraction of sp³-hybridized carbons (Fsp3) is 0.222. The predicted molar refractivity (Wildman–Crippen MR) is 120 cm³/mol. The summed E-state index contributed by atoms with van der Waals surface area (Å²) < 4.78 is 5.67. The molecule has 151 valence electrons. The molecule has 0 aliphatic carbocycles. The first-order valence-corrected chi connectivity index (χ1v) is 10.3. The Kier molecular flexibility index (Phi) is 5.82. The molecule has 4 rings (SSSR count). The van der Waals surface area contributed by atoms with Crippen LogP contribution in [0.5, 0.6) is 0 Å². The lowest BCUT2D eigenvalue weighted by Crippen LogP contribution is -2.28. The van der Waals surface area contributed by atoms with Gasteiger partial charge < -0.3 is 9.63 Å². The normalized spacial score (nSPS) is 13.2. The zero-order valence-electron chi connectivity index (χ0n) is 17.4. The van der Waals surface area contributed by atoms with Crippen LogP contribution in [0.4, 0.5) is 0 Å². The SMILES string of the molecule is Cc1noc(-c2ccc(-c3cc[c]cc3)cc2)c1CC(C)(O)CCc1ccccc1. The molecule has 0 saturated carbocycles. The van der Waals surface area contributed by atoms with E-state index in [1.807, 2.05) is 68.4 Å². The van der Waals surface area contributed by atoms with Crippen LogP contribution >= 0.6 is 0 Å². The average molecular weight is 397 g/mol. The van der Waals surface area contributed by atoms with Gasteiger partial charge in [-0.05, 0) is 49.4 Å². The Balaban J connectivity index is 1.52. The number of hydrogen-bond acceptors (Lipinski definition) is 3. The van der Waals surface area contributed by atoms with Gasteiger partial charge in [-0.25, -0.2) is 0 Å². The van der Waals surface area contributed by atoms with E-state index in [1.165, 1.54) is 5.56 Å². The first-order valence-electron chi connectivity index (χ1n) is 10.3. The van der Waals surface area contributed by atoms with Crippen LogP contribution in [0.2, 0.25) is 0 Å². The van der Waals surface area contributed by atoms with Crippen molar-refractivity contribution in [1.29, 1.82) is 0 Å². The Morgan fingerprint density at radius 3 is 2.23 bits per heavy atom. The van der Waals surface area contributed by atoms with Gasteiger partial charge in [0.2, 0.25) is 0 Å². The van der Waals surface area contributed by atoms with E-state index in [0.717, 1.165) is 40.1 Å². The van der Waals surface area contributed by atoms with Gasteiger partial charge in [-0.1, -0.05) is 84.0 Å². The summed E-state index contributed by atoms with van der Waals surface area (Å²) in [6.45, 7) is 3.83. The van der Waals surface area contributed by atoms with Gasteiger partial charge >= 0.3 is 0 Å². The molecular weight excluding hydrogens is 370 g/mol. The molecule has 1 radical (unpaired) electrons. The lowest BCUT2D eigenvalue weighted by atomic mass is 9.88. The second kappa shape index (κ2) is 8.68. The van der Waals surface area contributed by atoms with Crippen LogP contribution in [0.25, 0.3) is 22.5 Å². The molecule has 0 fully saturated rings. The molecule has 0 saturated heterocycles. The highest BCUT2D eigenvalue weighted by atomic mass is 16.5. The summed E-state index contributed by atoms with van der Waals surface area (Å²) in [7, 11) is 0. The van der Waals surface area contributed by atoms with E-state index in [2.05, 4.69) is 35.5 Å². The zero-order chi connectivity index (χ0) is 21.0. The minimum absolute atomic E-state index is 0.501. The first-order chi connectivity index (χ1) is 14.5. The highest BCUT2D eigenvalue weighted by Crippen LogP contribution is 2.32. The molecule has 1 aromatic heterocycles. The highest BCUT2D eigenvalue weighted by molar-refractivity contribution is 5.69. The number of nitrogens with zero attached hydrogens (tertiary/aromatic N) is 1. The minimum atomic E-state index is -0.846. The molecule has 0 aliphatic heterocycles. The molecule has 3 nitrogen and oxygen atoms in total. The second-order valence-corrected chi connectivity index (χ2v) is 8.10. The van der Waals surface area contributed by atoms with Gasteiger partial charge in [0, 0.05) is 17.5 Å². The van der Waals surface area contributed by atoms with Crippen molar-refractivity contribution in [3.63, 3.8) is 0 Å². The number of benzene rings is 3. The average Bonchev–Trinajstić information content (AvgIpc) is 3.13. The molecule has 3 heteroatoms. The monoisotopic (exact) mass is 396 g/mol. The summed E-state index contributed by atoms with van der Waals surface area (Å²) in [5.41, 5.74) is 5.44. The minimum Gasteiger partial charge on any atom is -0.390 e. The van der Waals surface area contributed by atoms with Crippen LogP contribution < -0.4 is 0 Å². The van der Waals surface area contributed by atoms with Crippen molar-refractivity contribution in [1.82, 2.24) is 5.16 Å². The van der Waals surface area contributed by atoms with E-state index < -0.39 is 5.60 Å². The van der Waals surface area contributed by atoms with Crippen molar-refractivity contribution >= 4 is 0 Å². The summed E-state index contributed by atoms with van der Waals surface area (Å²) >= 11 is 0. The van der Waals surface area contributed by atoms with E-state index in [-0.39, 0.29) is 0 Å². The standard InChI is InChI=1S/C27H26NO2/c1-20-25(19-27(2,29)18-17-21-9-5-3-6-10-21)26(30-28-20)24-15-13-23(14-16-24)22-11-7-4-8-12-22/h3,5-16,29H,17-19H2,1-2H3. The van der Waals surface area contributed by atoms with E-state index in [4.69, 9.17) is 4.52 Å². The van der Waals surface area contributed by atoms with E-state index in [1.54, 1.807) is 0 Å². The van der Waals surface area contributed by atoms with Crippen molar-refractivity contribution in [2.75, 3.05) is 0 Å². The van der Waals surface area contributed by atoms with Gasteiger partial charge in [0.25, 0.3) is 0 Å². The molecule has 4 aromatic rings. The number of rotatable bonds is 7. The van der Waals surface area contributed by atoms with Gasteiger partial charge in [0.1, 0.15) is 0 Å². The lowest BCUT2D eigenvalue weighted by Gasteiger charge is -2.23. The maximum atomic E-state index is 11.1. The topological polar surface area (TPSA) is 46.3 Å². The van der Waals surface area contributed by atoms with E-state index in [0.29, 0.717) is 12.8 Å². The van der Waals surface area contributed by atoms with Crippen LogP contribution in [-0.2, 0) is 12.8 Å². The molecule has 3 aromatic carbocycles. The van der Waals surface area contributed by atoms with Crippen LogP contribution in [-0.4, -0.2) is 15.9 Å². The van der Waals surface area contributed by atoms with E-state index in [9.17, 15) is 5.11 Å². The summed E-state index contributed by atoms with van der Waals surface area (Å²) in [4.78, 5) is 0. The highest BCUT2D eigenvalue weighted by Gasteiger charge is 2.26. The van der Waals surface area contributed by atoms with Crippen molar-refractivity contribution in [3.05, 3.63) is 102 Å². The molecule has 0 aliphatic rings. The van der Waals surface area contributed by atoms with Crippen LogP contribution in [0.3, 0.4) is 0 Å². The van der Waals surface area contributed by atoms with Crippen molar-refractivity contribution < 1.29 is 9.63 Å². The summed E-state index contributed by atoms with van der Waals surface area (Å²) in [6, 6.07) is 29.5. The molecule has 1 N–H and O–H groups in total. The van der Waals surface area contributed by atoms with Gasteiger partial charge in [-0.15, -0.1) is 0 Å². The third-order valence-electron chi connectivity index (χ3n) is 5.54. The van der Waals surface area contributed by atoms with Gasteiger partial charge in [0.15, 0.2) is 5.76 Å².